The molecule has 1 aliphatic heterocycles. The summed E-state index contributed by atoms with van der Waals surface area (Å²) < 4.78 is 26.1. The fourth-order valence-corrected chi connectivity index (χ4v) is 5.06. The number of benzene rings is 3. The molecule has 4 rings (SSSR count). The van der Waals surface area contributed by atoms with Crippen LogP contribution in [-0.2, 0) is 15.3 Å². The third kappa shape index (κ3) is 2.36. The third-order valence-corrected chi connectivity index (χ3v) is 6.78. The van der Waals surface area contributed by atoms with Crippen LogP contribution in [0.4, 0.5) is 11.4 Å². The van der Waals surface area contributed by atoms with Crippen LogP contribution in [0.2, 0.25) is 0 Å². The fraction of sp³-hybridized carbons (Fsp3) is 0.143. The molecule has 1 N–H and O–H groups in total. The molecule has 3 aromatic rings. The van der Waals surface area contributed by atoms with Crippen LogP contribution in [0.1, 0.15) is 25.0 Å². The molecule has 0 radical (unpaired) electrons. The molecule has 3 aromatic carbocycles. The van der Waals surface area contributed by atoms with E-state index >= 15 is 0 Å². The maximum absolute atomic E-state index is 13.1. The topological polar surface area (TPSA) is 46.2 Å². The van der Waals surface area contributed by atoms with Crippen molar-refractivity contribution in [3.05, 3.63) is 83.9 Å². The second-order valence-electron chi connectivity index (χ2n) is 6.79. The van der Waals surface area contributed by atoms with Crippen LogP contribution in [0.25, 0.3) is 0 Å². The first-order chi connectivity index (χ1) is 11.9. The van der Waals surface area contributed by atoms with Crippen molar-refractivity contribution in [2.45, 2.75) is 29.1 Å². The average Bonchev–Trinajstić information content (AvgIpc) is 2.62. The lowest BCUT2D eigenvalue weighted by Gasteiger charge is -2.32. The van der Waals surface area contributed by atoms with Gasteiger partial charge in [0, 0.05) is 5.41 Å². The third-order valence-electron chi connectivity index (χ3n) is 4.92. The van der Waals surface area contributed by atoms with Crippen molar-refractivity contribution in [2.24, 2.45) is 0 Å². The summed E-state index contributed by atoms with van der Waals surface area (Å²) in [5, 5.41) is 3.36. The van der Waals surface area contributed by atoms with Crippen molar-refractivity contribution in [2.75, 3.05) is 5.32 Å². The summed E-state index contributed by atoms with van der Waals surface area (Å²) in [4.78, 5) is 0.671. The predicted octanol–water partition coefficient (Wildman–Crippen LogP) is 4.90. The molecule has 25 heavy (non-hydrogen) atoms. The number of sulfone groups is 1. The molecule has 1 aliphatic rings. The predicted molar refractivity (Wildman–Crippen MR) is 100 cm³/mol. The molecule has 0 unspecified atom stereocenters. The molecule has 0 saturated carbocycles. The van der Waals surface area contributed by atoms with Crippen LogP contribution in [0.15, 0.2) is 82.6 Å². The Morgan fingerprint density at radius 1 is 0.760 bits per heavy atom. The van der Waals surface area contributed by atoms with E-state index < -0.39 is 9.84 Å². The van der Waals surface area contributed by atoms with Crippen molar-refractivity contribution in [3.63, 3.8) is 0 Å². The highest BCUT2D eigenvalue weighted by atomic mass is 32.2. The highest BCUT2D eigenvalue weighted by molar-refractivity contribution is 7.92. The van der Waals surface area contributed by atoms with E-state index in [1.807, 2.05) is 42.5 Å². The van der Waals surface area contributed by atoms with Crippen LogP contribution in [0.5, 0.6) is 0 Å². The monoisotopic (exact) mass is 349 g/mol. The standard InChI is InChI=1S/C21H19NO2S/c1-21(2,15-9-4-3-5-10-15)16-11-8-14-19-20(16)22-17-12-6-7-13-18(17)25(19,23)24/h3-14,22H,1-2H3. The Morgan fingerprint density at radius 2 is 1.40 bits per heavy atom. The van der Waals surface area contributed by atoms with Crippen molar-refractivity contribution in [1.82, 2.24) is 0 Å². The van der Waals surface area contributed by atoms with Gasteiger partial charge in [0.2, 0.25) is 9.84 Å². The zero-order chi connectivity index (χ0) is 17.7. The van der Waals surface area contributed by atoms with Gasteiger partial charge in [-0.25, -0.2) is 8.42 Å². The Morgan fingerprint density at radius 3 is 2.16 bits per heavy atom. The van der Waals surface area contributed by atoms with E-state index in [-0.39, 0.29) is 5.41 Å². The quantitative estimate of drug-likeness (QED) is 0.560. The number of fused-ring (bicyclic) bond motifs is 2. The molecular formula is C21H19NO2S. The summed E-state index contributed by atoms with van der Waals surface area (Å²) in [5.74, 6) is 0. The molecule has 0 aliphatic carbocycles. The molecule has 0 aromatic heterocycles. The molecule has 0 bridgehead atoms. The minimum atomic E-state index is -3.53. The van der Waals surface area contributed by atoms with Gasteiger partial charge >= 0.3 is 0 Å². The van der Waals surface area contributed by atoms with Crippen molar-refractivity contribution in [1.29, 1.82) is 0 Å². The van der Waals surface area contributed by atoms with Crippen LogP contribution in [0.3, 0.4) is 0 Å². The maximum atomic E-state index is 13.1. The summed E-state index contributed by atoms with van der Waals surface area (Å²) in [6.07, 6.45) is 0. The van der Waals surface area contributed by atoms with Crippen LogP contribution in [-0.4, -0.2) is 8.42 Å². The molecule has 1 heterocycles. The highest BCUT2D eigenvalue weighted by Gasteiger charge is 2.34. The van der Waals surface area contributed by atoms with Gasteiger partial charge < -0.3 is 5.32 Å². The molecule has 126 valence electrons. The Kier molecular flexibility index (Phi) is 3.48. The Balaban J connectivity index is 1.97. The van der Waals surface area contributed by atoms with E-state index in [1.165, 1.54) is 0 Å². The minimum absolute atomic E-state index is 0.331. The molecule has 0 saturated heterocycles. The van der Waals surface area contributed by atoms with E-state index in [1.54, 1.807) is 18.2 Å². The molecule has 0 fully saturated rings. The summed E-state index contributed by atoms with van der Waals surface area (Å²) in [5.41, 5.74) is 3.08. The first kappa shape index (κ1) is 15.9. The number of hydrogen-bond acceptors (Lipinski definition) is 3. The minimum Gasteiger partial charge on any atom is -0.353 e. The van der Waals surface area contributed by atoms with E-state index in [0.29, 0.717) is 21.2 Å². The van der Waals surface area contributed by atoms with Gasteiger partial charge in [0.15, 0.2) is 0 Å². The van der Waals surface area contributed by atoms with Gasteiger partial charge in [0.1, 0.15) is 0 Å². The van der Waals surface area contributed by atoms with Gasteiger partial charge in [-0.3, -0.25) is 0 Å². The van der Waals surface area contributed by atoms with Gasteiger partial charge in [-0.15, -0.1) is 0 Å². The zero-order valence-electron chi connectivity index (χ0n) is 14.2. The van der Waals surface area contributed by atoms with Gasteiger partial charge in [-0.2, -0.15) is 0 Å². The smallest absolute Gasteiger partial charge is 0.210 e. The average molecular weight is 349 g/mol. The number of hydrogen-bond donors (Lipinski definition) is 1. The normalized spacial score (nSPS) is 15.0. The lowest BCUT2D eigenvalue weighted by molar-refractivity contribution is 0.594. The summed E-state index contributed by atoms with van der Waals surface area (Å²) in [7, 11) is -3.53. The van der Waals surface area contributed by atoms with Gasteiger partial charge in [-0.05, 0) is 29.3 Å². The maximum Gasteiger partial charge on any atom is 0.210 e. The van der Waals surface area contributed by atoms with Gasteiger partial charge in [0.25, 0.3) is 0 Å². The van der Waals surface area contributed by atoms with Crippen LogP contribution >= 0.6 is 0 Å². The van der Waals surface area contributed by atoms with Crippen LogP contribution < -0.4 is 5.32 Å². The second-order valence-corrected chi connectivity index (χ2v) is 8.68. The molecule has 4 heteroatoms. The summed E-state index contributed by atoms with van der Waals surface area (Å²) in [6, 6.07) is 22.7. The van der Waals surface area contributed by atoms with Gasteiger partial charge in [0.05, 0.1) is 21.2 Å². The summed E-state index contributed by atoms with van der Waals surface area (Å²) in [6.45, 7) is 4.24. The number of anilines is 2. The SMILES string of the molecule is CC(C)(c1ccccc1)c1cccc2c1Nc1ccccc1S2(=O)=O. The number of nitrogens with one attached hydrogen (secondary N) is 1. The number of para-hydroxylation sites is 2. The first-order valence-electron chi connectivity index (χ1n) is 8.22. The Hall–Kier alpha value is -2.59. The first-order valence-corrected chi connectivity index (χ1v) is 9.71. The van der Waals surface area contributed by atoms with Crippen molar-refractivity contribution < 1.29 is 8.42 Å². The molecule has 0 atom stereocenters. The second kappa shape index (κ2) is 5.46. The van der Waals surface area contributed by atoms with E-state index in [9.17, 15) is 8.42 Å². The fourth-order valence-electron chi connectivity index (χ4n) is 3.47. The summed E-state index contributed by atoms with van der Waals surface area (Å²) >= 11 is 0. The van der Waals surface area contributed by atoms with Crippen molar-refractivity contribution >= 4 is 21.2 Å². The Labute approximate surface area is 148 Å². The highest BCUT2D eigenvalue weighted by Crippen LogP contribution is 2.45. The zero-order valence-corrected chi connectivity index (χ0v) is 15.0. The lowest BCUT2D eigenvalue weighted by Crippen LogP contribution is -2.23. The van der Waals surface area contributed by atoms with Gasteiger partial charge in [-0.1, -0.05) is 68.4 Å². The van der Waals surface area contributed by atoms with E-state index in [0.717, 1.165) is 11.1 Å². The largest absolute Gasteiger partial charge is 0.353 e. The molecule has 3 nitrogen and oxygen atoms in total. The van der Waals surface area contributed by atoms with E-state index in [4.69, 9.17) is 0 Å². The van der Waals surface area contributed by atoms with Crippen LogP contribution in [0, 0.1) is 0 Å². The Bertz CT molecular complexity index is 1050. The molecular weight excluding hydrogens is 330 g/mol. The van der Waals surface area contributed by atoms with Crippen molar-refractivity contribution in [3.8, 4) is 0 Å². The number of rotatable bonds is 2. The molecule has 0 amide bonds. The lowest BCUT2D eigenvalue weighted by atomic mass is 9.77. The van der Waals surface area contributed by atoms with E-state index in [2.05, 4.69) is 31.3 Å². The molecule has 0 spiro atoms.